The predicted octanol–water partition coefficient (Wildman–Crippen LogP) is 1.33. The van der Waals surface area contributed by atoms with Gasteiger partial charge in [0.25, 0.3) is 16.1 Å². The van der Waals surface area contributed by atoms with Crippen molar-refractivity contribution >= 4 is 51.3 Å². The summed E-state index contributed by atoms with van der Waals surface area (Å²) in [6.45, 7) is 15.5. The number of rotatable bonds is 16. The Morgan fingerprint density at radius 2 is 1.60 bits per heavy atom. The summed E-state index contributed by atoms with van der Waals surface area (Å²) in [5.74, 6) is -2.53. The maximum Gasteiger partial charge on any atom is 0.315 e. The van der Waals surface area contributed by atoms with E-state index in [0.717, 1.165) is 17.1 Å². The van der Waals surface area contributed by atoms with Gasteiger partial charge in [0.05, 0.1) is 6.04 Å². The summed E-state index contributed by atoms with van der Waals surface area (Å²) in [7, 11) is -2.42. The maximum atomic E-state index is 14.3. The van der Waals surface area contributed by atoms with Gasteiger partial charge in [-0.1, -0.05) is 68.2 Å². The highest BCUT2D eigenvalue weighted by atomic mass is 35.5. The summed E-state index contributed by atoms with van der Waals surface area (Å²) in [6, 6.07) is -4.32. The molecular weight excluding hydrogens is 662 g/mol. The Hall–Kier alpha value is -2.49. The number of likely N-dealkylation sites (tertiary alicyclic amines) is 1. The lowest BCUT2D eigenvalue weighted by molar-refractivity contribution is -0.145. The highest BCUT2D eigenvalue weighted by Gasteiger charge is 2.70. The molecule has 0 aromatic rings. The van der Waals surface area contributed by atoms with Crippen molar-refractivity contribution in [3.8, 4) is 0 Å². The van der Waals surface area contributed by atoms with Gasteiger partial charge in [-0.2, -0.15) is 12.7 Å². The van der Waals surface area contributed by atoms with Crippen molar-refractivity contribution in [2.75, 3.05) is 32.6 Å². The summed E-state index contributed by atoms with van der Waals surface area (Å²) in [5, 5.41) is 8.45. The van der Waals surface area contributed by atoms with Crippen molar-refractivity contribution < 1.29 is 32.4 Å². The van der Waals surface area contributed by atoms with E-state index in [1.165, 1.54) is 11.9 Å². The van der Waals surface area contributed by atoms with Gasteiger partial charge in [0.2, 0.25) is 17.6 Å². The number of hydrogen-bond acceptors (Lipinski definition) is 7. The minimum atomic E-state index is -3.83. The number of amides is 5. The van der Waals surface area contributed by atoms with Gasteiger partial charge in [0.15, 0.2) is 0 Å². The van der Waals surface area contributed by atoms with E-state index < -0.39 is 74.7 Å². The summed E-state index contributed by atoms with van der Waals surface area (Å²) in [6.07, 6.45) is 2.58. The van der Waals surface area contributed by atoms with Gasteiger partial charge in [-0.25, -0.2) is 9.52 Å². The van der Waals surface area contributed by atoms with E-state index in [-0.39, 0.29) is 36.3 Å². The molecule has 48 heavy (non-hydrogen) atoms. The normalized spacial score (nSPS) is 23.9. The zero-order chi connectivity index (χ0) is 36.6. The fraction of sp³-hybridized carbons (Fsp3) is 0.844. The number of alkyl halides is 1. The molecule has 1 heterocycles. The Labute approximate surface area is 290 Å². The minimum Gasteiger partial charge on any atom is -0.363 e. The van der Waals surface area contributed by atoms with Crippen LogP contribution in [0.25, 0.3) is 0 Å². The topological polar surface area (TPSA) is 200 Å². The number of Topliss-reactive ketones (excluding diaryl/α,β-unsaturated/α-hetero) is 1. The molecule has 6 atom stereocenters. The summed E-state index contributed by atoms with van der Waals surface area (Å²) < 4.78 is 29.2. The van der Waals surface area contributed by atoms with Crippen LogP contribution in [0, 0.1) is 34.0 Å². The van der Waals surface area contributed by atoms with Crippen molar-refractivity contribution in [3.05, 3.63) is 0 Å². The molecule has 274 valence electrons. The molecule has 0 aromatic heterocycles. The first-order valence-corrected chi connectivity index (χ1v) is 18.7. The van der Waals surface area contributed by atoms with Gasteiger partial charge < -0.3 is 26.6 Å². The maximum absolute atomic E-state index is 14.3. The van der Waals surface area contributed by atoms with Crippen LogP contribution in [0.1, 0.15) is 81.1 Å². The minimum absolute atomic E-state index is 0.0415. The van der Waals surface area contributed by atoms with Crippen LogP contribution in [0.3, 0.4) is 0 Å². The molecule has 3 aliphatic rings. The van der Waals surface area contributed by atoms with E-state index in [2.05, 4.69) is 20.7 Å². The Morgan fingerprint density at radius 3 is 2.10 bits per heavy atom. The Balaban J connectivity index is 1.79. The number of ketones is 1. The predicted molar refractivity (Wildman–Crippen MR) is 183 cm³/mol. The molecule has 16 heteroatoms. The van der Waals surface area contributed by atoms with Gasteiger partial charge >= 0.3 is 6.03 Å². The summed E-state index contributed by atoms with van der Waals surface area (Å²) in [4.78, 5) is 67.6. The number of nitrogens with zero attached hydrogens (tertiary/aromatic N) is 2. The second-order valence-electron chi connectivity index (χ2n) is 16.4. The highest BCUT2D eigenvalue weighted by molar-refractivity contribution is 7.87. The molecule has 3 fully saturated rings. The van der Waals surface area contributed by atoms with Crippen LogP contribution in [0.4, 0.5) is 4.79 Å². The lowest BCUT2D eigenvalue weighted by Gasteiger charge is -2.39. The van der Waals surface area contributed by atoms with Gasteiger partial charge in [0.1, 0.15) is 12.1 Å². The standard InChI is InChI=1S/C32H56ClN7O7S/c1-30(2,3)21(17-39(9)48(46,47)35-14-10-13-33)37-29(45)38-25(31(4,5)6)28(44)40-16-19-22(32(19,7)8)23(40)27(43)36-20(15-18-11-12-18)24(41)26(34)42/h18-23,25,35H,10-17H2,1-9H3,(H2,34,42)(H,36,43)(H2,37,38,45)/t19-,20?,21+,22-,23-,25+/m0/s1. The van der Waals surface area contributed by atoms with Gasteiger partial charge in [-0.3, -0.25) is 19.2 Å². The Morgan fingerprint density at radius 1 is 1.00 bits per heavy atom. The van der Waals surface area contributed by atoms with E-state index in [0.29, 0.717) is 25.3 Å². The number of likely N-dealkylation sites (N-methyl/N-ethyl adjacent to an activating group) is 1. The fourth-order valence-corrected chi connectivity index (χ4v) is 7.68. The van der Waals surface area contributed by atoms with Gasteiger partial charge in [-0.05, 0) is 46.8 Å². The smallest absolute Gasteiger partial charge is 0.315 e. The van der Waals surface area contributed by atoms with E-state index in [1.54, 1.807) is 20.8 Å². The molecular formula is C32H56ClN7O7S. The summed E-state index contributed by atoms with van der Waals surface area (Å²) in [5.41, 5.74) is 3.73. The van der Waals surface area contributed by atoms with Gasteiger partial charge in [-0.15, -0.1) is 11.6 Å². The first kappa shape index (κ1) is 39.9. The van der Waals surface area contributed by atoms with Crippen LogP contribution >= 0.6 is 11.6 Å². The van der Waals surface area contributed by atoms with E-state index in [4.69, 9.17) is 17.3 Å². The van der Waals surface area contributed by atoms with Crippen molar-refractivity contribution in [1.29, 1.82) is 0 Å². The second-order valence-corrected chi connectivity index (χ2v) is 18.7. The first-order chi connectivity index (χ1) is 21.9. The van der Waals surface area contributed by atoms with Crippen LogP contribution in [-0.2, 0) is 29.4 Å². The number of nitrogens with two attached hydrogens (primary N) is 1. The number of hydrogen-bond donors (Lipinski definition) is 5. The van der Waals surface area contributed by atoms with E-state index in [1.807, 2.05) is 34.6 Å². The Bertz CT molecular complexity index is 1360. The fourth-order valence-electron chi connectivity index (χ4n) is 6.58. The summed E-state index contributed by atoms with van der Waals surface area (Å²) >= 11 is 5.68. The monoisotopic (exact) mass is 717 g/mol. The van der Waals surface area contributed by atoms with Crippen LogP contribution in [0.2, 0.25) is 0 Å². The molecule has 1 aliphatic heterocycles. The Kier molecular flexibility index (Phi) is 12.3. The number of urea groups is 1. The molecule has 2 saturated carbocycles. The van der Waals surface area contributed by atoms with Crippen LogP contribution in [0.15, 0.2) is 0 Å². The SMILES string of the molecule is CN(C[C@@H](NC(=O)N[C@H](C(=O)N1C[C@H]2[C@@H]([C@H]1C(=O)NC(CC1CC1)C(=O)C(N)=O)C2(C)C)C(C)(C)C)C(C)(C)C)S(=O)(=O)NCCCCl. The number of piperidine rings is 1. The molecule has 5 amide bonds. The molecule has 0 spiro atoms. The van der Waals surface area contributed by atoms with E-state index >= 15 is 0 Å². The second kappa shape index (κ2) is 14.8. The largest absolute Gasteiger partial charge is 0.363 e. The molecule has 3 rings (SSSR count). The number of halogens is 1. The van der Waals surface area contributed by atoms with Crippen molar-refractivity contribution in [1.82, 2.24) is 29.9 Å². The van der Waals surface area contributed by atoms with Crippen molar-refractivity contribution in [2.45, 2.75) is 105 Å². The van der Waals surface area contributed by atoms with Crippen molar-refractivity contribution in [2.24, 2.45) is 39.7 Å². The molecule has 0 radical (unpaired) electrons. The molecule has 14 nitrogen and oxygen atoms in total. The van der Waals surface area contributed by atoms with Crippen LogP contribution in [0.5, 0.6) is 0 Å². The molecule has 1 unspecified atom stereocenters. The van der Waals surface area contributed by atoms with Crippen molar-refractivity contribution in [3.63, 3.8) is 0 Å². The van der Waals surface area contributed by atoms with Crippen LogP contribution in [-0.4, -0.2) is 104 Å². The zero-order valence-electron chi connectivity index (χ0n) is 29.8. The third kappa shape index (κ3) is 9.60. The molecule has 0 bridgehead atoms. The average Bonchev–Trinajstić information content (AvgIpc) is 3.80. The molecule has 2 aliphatic carbocycles. The lowest BCUT2D eigenvalue weighted by atomic mass is 9.85. The third-order valence-electron chi connectivity index (χ3n) is 10.1. The lowest BCUT2D eigenvalue weighted by Crippen LogP contribution is -2.63. The zero-order valence-corrected chi connectivity index (χ0v) is 31.4. The van der Waals surface area contributed by atoms with Crippen LogP contribution < -0.4 is 26.4 Å². The number of fused-ring (bicyclic) bond motifs is 1. The number of nitrogens with one attached hydrogen (secondary N) is 4. The third-order valence-corrected chi connectivity index (χ3v) is 11.9. The highest BCUT2D eigenvalue weighted by Crippen LogP contribution is 2.65. The van der Waals surface area contributed by atoms with Gasteiger partial charge in [0, 0.05) is 38.6 Å². The number of carbonyl (C=O) groups excluding carboxylic acids is 5. The number of primary amides is 1. The number of carbonyl (C=O) groups is 5. The molecule has 1 saturated heterocycles. The van der Waals surface area contributed by atoms with E-state index in [9.17, 15) is 32.4 Å². The first-order valence-electron chi connectivity index (χ1n) is 16.7. The molecule has 6 N–H and O–H groups in total. The molecule has 0 aromatic carbocycles. The average molecular weight is 718 g/mol. The quantitative estimate of drug-likeness (QED) is 0.0901.